The normalized spacial score (nSPS) is 17.9. The maximum absolute atomic E-state index is 12.5. The highest BCUT2D eigenvalue weighted by atomic mass is 16.5. The molecule has 0 radical (unpaired) electrons. The van der Waals surface area contributed by atoms with Crippen LogP contribution in [0.5, 0.6) is 0 Å². The molecule has 1 aromatic heterocycles. The highest BCUT2D eigenvalue weighted by Gasteiger charge is 2.26. The van der Waals surface area contributed by atoms with Crippen molar-refractivity contribution in [3.63, 3.8) is 0 Å². The van der Waals surface area contributed by atoms with Gasteiger partial charge in [-0.2, -0.15) is 0 Å². The van der Waals surface area contributed by atoms with Crippen LogP contribution in [-0.4, -0.2) is 28.2 Å². The SMILES string of the molecule is Cc1ccccc1Cn1c(C(C)NC(=O)C2CCCO2)nc2ccccc21. The number of hydrogen-bond acceptors (Lipinski definition) is 3. The molecule has 1 saturated heterocycles. The fraction of sp³-hybridized carbons (Fsp3) is 0.364. The number of hydrogen-bond donors (Lipinski definition) is 1. The van der Waals surface area contributed by atoms with Gasteiger partial charge >= 0.3 is 0 Å². The monoisotopic (exact) mass is 363 g/mol. The first-order valence-corrected chi connectivity index (χ1v) is 9.55. The molecule has 1 aliphatic rings. The first kappa shape index (κ1) is 17.7. The van der Waals surface area contributed by atoms with Gasteiger partial charge in [-0.05, 0) is 49.9 Å². The van der Waals surface area contributed by atoms with Gasteiger partial charge in [0.25, 0.3) is 0 Å². The van der Waals surface area contributed by atoms with Crippen molar-refractivity contribution in [3.05, 3.63) is 65.5 Å². The molecule has 2 unspecified atom stereocenters. The molecule has 0 bridgehead atoms. The van der Waals surface area contributed by atoms with E-state index in [-0.39, 0.29) is 18.1 Å². The van der Waals surface area contributed by atoms with E-state index < -0.39 is 0 Å². The molecule has 1 amide bonds. The Hall–Kier alpha value is -2.66. The molecule has 27 heavy (non-hydrogen) atoms. The molecule has 5 heteroatoms. The van der Waals surface area contributed by atoms with Gasteiger partial charge < -0.3 is 14.6 Å². The minimum absolute atomic E-state index is 0.0468. The number of amides is 1. The Morgan fingerprint density at radius 3 is 2.81 bits per heavy atom. The van der Waals surface area contributed by atoms with E-state index >= 15 is 0 Å². The highest BCUT2D eigenvalue weighted by Crippen LogP contribution is 2.24. The number of para-hydroxylation sites is 2. The summed E-state index contributed by atoms with van der Waals surface area (Å²) in [4.78, 5) is 17.3. The smallest absolute Gasteiger partial charge is 0.249 e. The third kappa shape index (κ3) is 3.60. The third-order valence-electron chi connectivity index (χ3n) is 5.24. The van der Waals surface area contributed by atoms with Crippen LogP contribution in [0.1, 0.15) is 42.8 Å². The summed E-state index contributed by atoms with van der Waals surface area (Å²) in [5.74, 6) is 0.820. The molecular formula is C22H25N3O2. The maximum Gasteiger partial charge on any atom is 0.249 e. The predicted molar refractivity (Wildman–Crippen MR) is 106 cm³/mol. The number of aromatic nitrogens is 2. The third-order valence-corrected chi connectivity index (χ3v) is 5.24. The zero-order valence-corrected chi connectivity index (χ0v) is 15.8. The molecule has 1 N–H and O–H groups in total. The Morgan fingerprint density at radius 2 is 2.04 bits per heavy atom. The van der Waals surface area contributed by atoms with Crippen LogP contribution in [-0.2, 0) is 16.1 Å². The summed E-state index contributed by atoms with van der Waals surface area (Å²) in [7, 11) is 0. The number of carbonyl (C=O) groups is 1. The van der Waals surface area contributed by atoms with E-state index in [0.717, 1.165) is 36.2 Å². The Bertz CT molecular complexity index is 957. The minimum atomic E-state index is -0.332. The fourth-order valence-electron chi connectivity index (χ4n) is 3.70. The van der Waals surface area contributed by atoms with Crippen LogP contribution in [0.15, 0.2) is 48.5 Å². The fourth-order valence-corrected chi connectivity index (χ4v) is 3.70. The van der Waals surface area contributed by atoms with Crippen molar-refractivity contribution in [1.29, 1.82) is 0 Å². The Balaban J connectivity index is 1.67. The number of fused-ring (bicyclic) bond motifs is 1. The second kappa shape index (κ2) is 7.53. The lowest BCUT2D eigenvalue weighted by Gasteiger charge is -2.19. The van der Waals surface area contributed by atoms with Crippen LogP contribution in [0, 0.1) is 6.92 Å². The second-order valence-electron chi connectivity index (χ2n) is 7.20. The van der Waals surface area contributed by atoms with Gasteiger partial charge in [0.2, 0.25) is 5.91 Å². The van der Waals surface area contributed by atoms with Gasteiger partial charge in [0.05, 0.1) is 17.1 Å². The van der Waals surface area contributed by atoms with E-state index in [4.69, 9.17) is 9.72 Å². The number of carbonyl (C=O) groups excluding carboxylic acids is 1. The van der Waals surface area contributed by atoms with Gasteiger partial charge in [-0.1, -0.05) is 36.4 Å². The number of rotatable bonds is 5. The van der Waals surface area contributed by atoms with Crippen molar-refractivity contribution in [1.82, 2.24) is 14.9 Å². The van der Waals surface area contributed by atoms with E-state index in [9.17, 15) is 4.79 Å². The number of imidazole rings is 1. The summed E-state index contributed by atoms with van der Waals surface area (Å²) in [6.07, 6.45) is 1.40. The summed E-state index contributed by atoms with van der Waals surface area (Å²) < 4.78 is 7.72. The van der Waals surface area contributed by atoms with E-state index in [1.807, 2.05) is 25.1 Å². The quantitative estimate of drug-likeness (QED) is 0.751. The number of aryl methyl sites for hydroxylation is 1. The standard InChI is InChI=1S/C22H25N3O2/c1-15-8-3-4-9-17(15)14-25-19-11-6-5-10-18(19)24-21(25)16(2)23-22(26)20-12-7-13-27-20/h3-6,8-11,16,20H,7,12-14H2,1-2H3,(H,23,26). The van der Waals surface area contributed by atoms with E-state index in [1.165, 1.54) is 11.1 Å². The minimum Gasteiger partial charge on any atom is -0.368 e. The average molecular weight is 363 g/mol. The molecular weight excluding hydrogens is 338 g/mol. The second-order valence-corrected chi connectivity index (χ2v) is 7.20. The Kier molecular flexibility index (Phi) is 4.94. The van der Waals surface area contributed by atoms with Gasteiger partial charge in [-0.25, -0.2) is 4.98 Å². The average Bonchev–Trinajstić information content (AvgIpc) is 3.32. The van der Waals surface area contributed by atoms with Crippen molar-refractivity contribution in [2.24, 2.45) is 0 Å². The van der Waals surface area contributed by atoms with Crippen LogP contribution >= 0.6 is 0 Å². The lowest BCUT2D eigenvalue weighted by molar-refractivity contribution is -0.130. The molecule has 5 nitrogen and oxygen atoms in total. The van der Waals surface area contributed by atoms with Crippen LogP contribution in [0.4, 0.5) is 0 Å². The largest absolute Gasteiger partial charge is 0.368 e. The van der Waals surface area contributed by atoms with Gasteiger partial charge in [0, 0.05) is 13.2 Å². The number of nitrogens with one attached hydrogen (secondary N) is 1. The molecule has 1 aliphatic heterocycles. The molecule has 140 valence electrons. The molecule has 2 heterocycles. The van der Waals surface area contributed by atoms with E-state index in [2.05, 4.69) is 47.1 Å². The molecule has 2 atom stereocenters. The number of benzene rings is 2. The van der Waals surface area contributed by atoms with Gasteiger partial charge in [-0.15, -0.1) is 0 Å². The summed E-state index contributed by atoms with van der Waals surface area (Å²) >= 11 is 0. The Labute approximate surface area is 159 Å². The summed E-state index contributed by atoms with van der Waals surface area (Å²) in [5.41, 5.74) is 4.52. The summed E-state index contributed by atoms with van der Waals surface area (Å²) in [6, 6.07) is 16.3. The number of ether oxygens (including phenoxy) is 1. The van der Waals surface area contributed by atoms with Crippen molar-refractivity contribution in [2.75, 3.05) is 6.61 Å². The van der Waals surface area contributed by atoms with Crippen molar-refractivity contribution in [3.8, 4) is 0 Å². The van der Waals surface area contributed by atoms with Crippen LogP contribution < -0.4 is 5.32 Å². The first-order valence-electron chi connectivity index (χ1n) is 9.55. The summed E-state index contributed by atoms with van der Waals surface area (Å²) in [5, 5.41) is 3.09. The molecule has 3 aromatic rings. The van der Waals surface area contributed by atoms with Crippen molar-refractivity contribution in [2.45, 2.75) is 45.4 Å². The molecule has 2 aromatic carbocycles. The molecule has 4 rings (SSSR count). The molecule has 0 saturated carbocycles. The van der Waals surface area contributed by atoms with Gasteiger partial charge in [-0.3, -0.25) is 4.79 Å². The topological polar surface area (TPSA) is 56.2 Å². The molecule has 1 fully saturated rings. The lowest BCUT2D eigenvalue weighted by Crippen LogP contribution is -2.36. The summed E-state index contributed by atoms with van der Waals surface area (Å²) in [6.45, 7) is 5.50. The molecule has 0 spiro atoms. The Morgan fingerprint density at radius 1 is 1.26 bits per heavy atom. The van der Waals surface area contributed by atoms with E-state index in [1.54, 1.807) is 0 Å². The first-order chi connectivity index (χ1) is 13.1. The van der Waals surface area contributed by atoms with Crippen LogP contribution in [0.3, 0.4) is 0 Å². The van der Waals surface area contributed by atoms with Crippen molar-refractivity contribution < 1.29 is 9.53 Å². The van der Waals surface area contributed by atoms with E-state index in [0.29, 0.717) is 6.61 Å². The predicted octanol–water partition coefficient (Wildman–Crippen LogP) is 3.75. The lowest BCUT2D eigenvalue weighted by atomic mass is 10.1. The van der Waals surface area contributed by atoms with Crippen LogP contribution in [0.2, 0.25) is 0 Å². The maximum atomic E-state index is 12.5. The molecule has 0 aliphatic carbocycles. The zero-order chi connectivity index (χ0) is 18.8. The van der Waals surface area contributed by atoms with Gasteiger partial charge in [0.1, 0.15) is 11.9 Å². The zero-order valence-electron chi connectivity index (χ0n) is 15.8. The van der Waals surface area contributed by atoms with Crippen LogP contribution in [0.25, 0.3) is 11.0 Å². The van der Waals surface area contributed by atoms with Crippen molar-refractivity contribution >= 4 is 16.9 Å². The van der Waals surface area contributed by atoms with Gasteiger partial charge in [0.15, 0.2) is 0 Å². The number of nitrogens with zero attached hydrogens (tertiary/aromatic N) is 2. The highest BCUT2D eigenvalue weighted by molar-refractivity contribution is 5.81.